The topological polar surface area (TPSA) is 29.5 Å². The molecule has 0 saturated heterocycles. The van der Waals surface area contributed by atoms with Crippen molar-refractivity contribution < 1.29 is 9.84 Å². The van der Waals surface area contributed by atoms with Gasteiger partial charge in [-0.1, -0.05) is 13.8 Å². The van der Waals surface area contributed by atoms with Crippen LogP contribution in [-0.2, 0) is 4.74 Å². The van der Waals surface area contributed by atoms with Gasteiger partial charge in [0.2, 0.25) is 0 Å². The molecule has 0 heterocycles. The zero-order valence-electron chi connectivity index (χ0n) is 11.3. The first-order valence-corrected chi connectivity index (χ1v) is 6.75. The lowest BCUT2D eigenvalue weighted by atomic mass is 9.75. The molecule has 1 aliphatic carbocycles. The van der Waals surface area contributed by atoms with Gasteiger partial charge in [0.25, 0.3) is 0 Å². The Balaban J connectivity index is 2.27. The van der Waals surface area contributed by atoms with E-state index in [9.17, 15) is 5.11 Å². The zero-order chi connectivity index (χ0) is 12.2. The normalized spacial score (nSPS) is 33.0. The lowest BCUT2D eigenvalue weighted by Crippen LogP contribution is -2.35. The summed E-state index contributed by atoms with van der Waals surface area (Å²) in [5, 5.41) is 9.20. The van der Waals surface area contributed by atoms with E-state index in [2.05, 4.69) is 20.8 Å². The fourth-order valence-electron chi connectivity index (χ4n) is 2.54. The van der Waals surface area contributed by atoms with Gasteiger partial charge in [-0.05, 0) is 57.8 Å². The highest BCUT2D eigenvalue weighted by molar-refractivity contribution is 4.84. The molecule has 1 N–H and O–H groups in total. The molecule has 1 rings (SSSR count). The predicted molar refractivity (Wildman–Crippen MR) is 67.5 cm³/mol. The molecule has 0 bridgehead atoms. The summed E-state index contributed by atoms with van der Waals surface area (Å²) in [7, 11) is 0. The van der Waals surface area contributed by atoms with Gasteiger partial charge in [-0.2, -0.15) is 0 Å². The van der Waals surface area contributed by atoms with Crippen molar-refractivity contribution in [3.05, 3.63) is 0 Å². The van der Waals surface area contributed by atoms with Gasteiger partial charge in [0.05, 0.1) is 11.7 Å². The third-order valence-electron chi connectivity index (χ3n) is 4.02. The first kappa shape index (κ1) is 14.0. The quantitative estimate of drug-likeness (QED) is 0.781. The smallest absolute Gasteiger partial charge is 0.0654 e. The van der Waals surface area contributed by atoms with E-state index in [0.717, 1.165) is 18.3 Å². The summed E-state index contributed by atoms with van der Waals surface area (Å²) in [6, 6.07) is 0. The summed E-state index contributed by atoms with van der Waals surface area (Å²) in [6.45, 7) is 9.39. The lowest BCUT2D eigenvalue weighted by Gasteiger charge is -2.38. The average molecular weight is 228 g/mol. The standard InChI is InChI=1S/C14H28O2/c1-11(2)13-5-8-14(4,9-6-13)16-10-7-12(3)15/h11-13,15H,5-10H2,1-4H3/t12-,13?,14?/m1/s1. The second-order valence-corrected chi connectivity index (χ2v) is 6.02. The van der Waals surface area contributed by atoms with E-state index < -0.39 is 0 Å². The van der Waals surface area contributed by atoms with Gasteiger partial charge in [0, 0.05) is 6.61 Å². The van der Waals surface area contributed by atoms with Crippen LogP contribution < -0.4 is 0 Å². The molecule has 0 radical (unpaired) electrons. The maximum absolute atomic E-state index is 9.20. The number of hydrogen-bond acceptors (Lipinski definition) is 2. The van der Waals surface area contributed by atoms with Crippen LogP contribution >= 0.6 is 0 Å². The zero-order valence-corrected chi connectivity index (χ0v) is 11.3. The number of rotatable bonds is 5. The van der Waals surface area contributed by atoms with E-state index in [0.29, 0.717) is 6.61 Å². The molecule has 1 aliphatic rings. The van der Waals surface area contributed by atoms with E-state index in [-0.39, 0.29) is 11.7 Å². The number of aliphatic hydroxyl groups excluding tert-OH is 1. The lowest BCUT2D eigenvalue weighted by molar-refractivity contribution is -0.0749. The third-order valence-corrected chi connectivity index (χ3v) is 4.02. The van der Waals surface area contributed by atoms with Crippen molar-refractivity contribution in [3.63, 3.8) is 0 Å². The Bertz CT molecular complexity index is 185. The van der Waals surface area contributed by atoms with Crippen LogP contribution in [-0.4, -0.2) is 23.4 Å². The van der Waals surface area contributed by atoms with Crippen LogP contribution in [0.4, 0.5) is 0 Å². The Hall–Kier alpha value is -0.0800. The second-order valence-electron chi connectivity index (χ2n) is 6.02. The van der Waals surface area contributed by atoms with Gasteiger partial charge in [-0.3, -0.25) is 0 Å². The summed E-state index contributed by atoms with van der Waals surface area (Å²) in [5.74, 6) is 1.69. The Morgan fingerprint density at radius 3 is 2.25 bits per heavy atom. The molecule has 16 heavy (non-hydrogen) atoms. The number of aliphatic hydroxyl groups is 1. The molecule has 1 saturated carbocycles. The molecule has 96 valence electrons. The van der Waals surface area contributed by atoms with Gasteiger partial charge in [-0.15, -0.1) is 0 Å². The van der Waals surface area contributed by atoms with Crippen LogP contribution in [0.3, 0.4) is 0 Å². The average Bonchev–Trinajstić information content (AvgIpc) is 2.17. The van der Waals surface area contributed by atoms with E-state index in [4.69, 9.17) is 4.74 Å². The highest BCUT2D eigenvalue weighted by Gasteiger charge is 2.32. The fourth-order valence-corrected chi connectivity index (χ4v) is 2.54. The summed E-state index contributed by atoms with van der Waals surface area (Å²) in [4.78, 5) is 0. The van der Waals surface area contributed by atoms with Gasteiger partial charge in [0.15, 0.2) is 0 Å². The minimum absolute atomic E-state index is 0.0697. The third kappa shape index (κ3) is 4.42. The molecule has 1 atom stereocenters. The van der Waals surface area contributed by atoms with Crippen molar-refractivity contribution in [1.82, 2.24) is 0 Å². The first-order chi connectivity index (χ1) is 7.43. The van der Waals surface area contributed by atoms with Gasteiger partial charge < -0.3 is 9.84 Å². The van der Waals surface area contributed by atoms with Crippen LogP contribution in [0.2, 0.25) is 0 Å². The van der Waals surface area contributed by atoms with E-state index >= 15 is 0 Å². The predicted octanol–water partition coefficient (Wildman–Crippen LogP) is 3.38. The molecule has 0 aromatic rings. The largest absolute Gasteiger partial charge is 0.393 e. The van der Waals surface area contributed by atoms with Crippen molar-refractivity contribution in [1.29, 1.82) is 0 Å². The molecule has 0 unspecified atom stereocenters. The van der Waals surface area contributed by atoms with Crippen LogP contribution in [0, 0.1) is 11.8 Å². The fraction of sp³-hybridized carbons (Fsp3) is 1.00. The minimum atomic E-state index is -0.240. The molecule has 0 amide bonds. The van der Waals surface area contributed by atoms with E-state index in [1.54, 1.807) is 0 Å². The van der Waals surface area contributed by atoms with E-state index in [1.807, 2.05) is 6.92 Å². The number of hydrogen-bond donors (Lipinski definition) is 1. The van der Waals surface area contributed by atoms with Crippen LogP contribution in [0.15, 0.2) is 0 Å². The highest BCUT2D eigenvalue weighted by Crippen LogP contribution is 2.37. The van der Waals surface area contributed by atoms with Crippen LogP contribution in [0.5, 0.6) is 0 Å². The molecule has 0 spiro atoms. The Morgan fingerprint density at radius 1 is 1.25 bits per heavy atom. The van der Waals surface area contributed by atoms with Crippen molar-refractivity contribution in [2.45, 2.75) is 71.5 Å². The molecule has 1 fully saturated rings. The van der Waals surface area contributed by atoms with Gasteiger partial charge in [-0.25, -0.2) is 0 Å². The maximum atomic E-state index is 9.20. The monoisotopic (exact) mass is 228 g/mol. The molecular formula is C14H28O2. The van der Waals surface area contributed by atoms with Crippen molar-refractivity contribution in [2.75, 3.05) is 6.61 Å². The van der Waals surface area contributed by atoms with Crippen molar-refractivity contribution in [3.8, 4) is 0 Å². The first-order valence-electron chi connectivity index (χ1n) is 6.75. The van der Waals surface area contributed by atoms with Crippen LogP contribution in [0.1, 0.15) is 59.8 Å². The molecular weight excluding hydrogens is 200 g/mol. The molecule has 0 aliphatic heterocycles. The Kier molecular flexibility index (Phi) is 5.26. The van der Waals surface area contributed by atoms with E-state index in [1.165, 1.54) is 25.7 Å². The minimum Gasteiger partial charge on any atom is -0.393 e. The summed E-state index contributed by atoms with van der Waals surface area (Å²) in [5.41, 5.74) is 0.0697. The van der Waals surface area contributed by atoms with Crippen molar-refractivity contribution in [2.24, 2.45) is 11.8 Å². The van der Waals surface area contributed by atoms with Gasteiger partial charge in [0.1, 0.15) is 0 Å². The number of ether oxygens (including phenoxy) is 1. The highest BCUT2D eigenvalue weighted by atomic mass is 16.5. The van der Waals surface area contributed by atoms with Crippen molar-refractivity contribution >= 4 is 0 Å². The Morgan fingerprint density at radius 2 is 1.81 bits per heavy atom. The molecule has 2 heteroatoms. The second kappa shape index (κ2) is 6.02. The molecule has 2 nitrogen and oxygen atoms in total. The molecule has 0 aromatic heterocycles. The van der Waals surface area contributed by atoms with Crippen LogP contribution in [0.25, 0.3) is 0 Å². The SMILES string of the molecule is CC(C)C1CCC(C)(OCC[C@@H](C)O)CC1. The van der Waals surface area contributed by atoms with Gasteiger partial charge >= 0.3 is 0 Å². The summed E-state index contributed by atoms with van der Waals surface area (Å²) in [6.07, 6.45) is 5.45. The summed E-state index contributed by atoms with van der Waals surface area (Å²) < 4.78 is 5.95. The molecule has 0 aromatic carbocycles. The summed E-state index contributed by atoms with van der Waals surface area (Å²) >= 11 is 0. The Labute approximate surface area is 100 Å². The maximum Gasteiger partial charge on any atom is 0.0654 e.